The fourth-order valence-electron chi connectivity index (χ4n) is 3.62. The van der Waals surface area contributed by atoms with E-state index in [0.717, 1.165) is 55.7 Å². The van der Waals surface area contributed by atoms with Crippen LogP contribution in [0.15, 0.2) is 36.5 Å². The molecule has 0 spiro atoms. The Morgan fingerprint density at radius 3 is 2.74 bits per heavy atom. The van der Waals surface area contributed by atoms with E-state index in [1.807, 2.05) is 6.07 Å². The Bertz CT molecular complexity index is 1050. The molecule has 7 nitrogen and oxygen atoms in total. The standard InChI is InChI=1S/C22H24ClFN6O/c1-29(21(31)20-18(23)14-25-22(26-20)30-11-2-3-12-30)10-4-5-17-13-19(28-27-17)15-6-8-16(24)9-7-15/h6-9,13-14H,2-5,10-12H2,1H3,(H,27,28). The van der Waals surface area contributed by atoms with Crippen molar-refractivity contribution in [1.82, 2.24) is 25.1 Å². The number of aryl methyl sites for hydroxylation is 1. The number of carbonyl (C=O) groups is 1. The van der Waals surface area contributed by atoms with Crippen LogP contribution >= 0.6 is 11.6 Å². The van der Waals surface area contributed by atoms with Crippen molar-refractivity contribution < 1.29 is 9.18 Å². The average Bonchev–Trinajstić information content (AvgIpc) is 3.47. The Balaban J connectivity index is 1.34. The number of nitrogens with zero attached hydrogens (tertiary/aromatic N) is 5. The number of hydrogen-bond donors (Lipinski definition) is 1. The summed E-state index contributed by atoms with van der Waals surface area (Å²) in [6, 6.07) is 8.17. The Hall–Kier alpha value is -3.00. The van der Waals surface area contributed by atoms with E-state index < -0.39 is 0 Å². The Kier molecular flexibility index (Phi) is 6.46. The topological polar surface area (TPSA) is 78.0 Å². The summed E-state index contributed by atoms with van der Waals surface area (Å²) in [5.41, 5.74) is 2.81. The van der Waals surface area contributed by atoms with Crippen molar-refractivity contribution in [1.29, 1.82) is 0 Å². The lowest BCUT2D eigenvalue weighted by atomic mass is 10.1. The van der Waals surface area contributed by atoms with Crippen LogP contribution in [-0.4, -0.2) is 57.7 Å². The van der Waals surface area contributed by atoms with Crippen LogP contribution in [-0.2, 0) is 6.42 Å². The number of benzene rings is 1. The Morgan fingerprint density at radius 1 is 1.26 bits per heavy atom. The van der Waals surface area contributed by atoms with Crippen molar-refractivity contribution in [2.45, 2.75) is 25.7 Å². The number of anilines is 1. The molecule has 1 saturated heterocycles. The maximum atomic E-state index is 13.1. The van der Waals surface area contributed by atoms with E-state index in [9.17, 15) is 9.18 Å². The number of hydrogen-bond acceptors (Lipinski definition) is 5. The zero-order chi connectivity index (χ0) is 21.8. The number of H-pyrrole nitrogens is 1. The summed E-state index contributed by atoms with van der Waals surface area (Å²) < 4.78 is 13.1. The molecule has 0 bridgehead atoms. The first-order valence-electron chi connectivity index (χ1n) is 10.3. The third-order valence-corrected chi connectivity index (χ3v) is 5.66. The van der Waals surface area contributed by atoms with Gasteiger partial charge in [0.25, 0.3) is 5.91 Å². The molecule has 1 aromatic carbocycles. The largest absolute Gasteiger partial charge is 0.341 e. The molecule has 1 aliphatic rings. The molecule has 0 aliphatic carbocycles. The van der Waals surface area contributed by atoms with E-state index in [2.05, 4.69) is 25.1 Å². The SMILES string of the molecule is CN(CCCc1cc(-c2ccc(F)cc2)n[nH]1)C(=O)c1nc(N2CCCC2)ncc1Cl. The highest BCUT2D eigenvalue weighted by Crippen LogP contribution is 2.21. The highest BCUT2D eigenvalue weighted by molar-refractivity contribution is 6.33. The molecule has 1 N–H and O–H groups in total. The van der Waals surface area contributed by atoms with Crippen LogP contribution in [0.4, 0.5) is 10.3 Å². The zero-order valence-electron chi connectivity index (χ0n) is 17.3. The summed E-state index contributed by atoms with van der Waals surface area (Å²) in [5, 5.41) is 7.56. The van der Waals surface area contributed by atoms with E-state index >= 15 is 0 Å². The first-order chi connectivity index (χ1) is 15.0. The minimum atomic E-state index is -0.274. The summed E-state index contributed by atoms with van der Waals surface area (Å²) in [5.74, 6) is 0.0671. The quantitative estimate of drug-likeness (QED) is 0.599. The molecule has 31 heavy (non-hydrogen) atoms. The predicted molar refractivity (Wildman–Crippen MR) is 118 cm³/mol. The summed E-state index contributed by atoms with van der Waals surface area (Å²) in [7, 11) is 1.74. The Morgan fingerprint density at radius 2 is 2.00 bits per heavy atom. The first-order valence-corrected chi connectivity index (χ1v) is 10.7. The minimum Gasteiger partial charge on any atom is -0.341 e. The van der Waals surface area contributed by atoms with E-state index in [0.29, 0.717) is 12.5 Å². The van der Waals surface area contributed by atoms with E-state index in [1.54, 1.807) is 24.1 Å². The van der Waals surface area contributed by atoms with Crippen molar-refractivity contribution in [3.8, 4) is 11.3 Å². The number of aromatic amines is 1. The number of carbonyl (C=O) groups excluding carboxylic acids is 1. The van der Waals surface area contributed by atoms with Crippen molar-refractivity contribution in [3.05, 3.63) is 58.8 Å². The van der Waals surface area contributed by atoms with Crippen LogP contribution in [0.2, 0.25) is 5.02 Å². The maximum Gasteiger partial charge on any atom is 0.273 e. The Labute approximate surface area is 185 Å². The fraction of sp³-hybridized carbons (Fsp3) is 0.364. The summed E-state index contributed by atoms with van der Waals surface area (Å²) in [6.07, 6.45) is 5.18. The van der Waals surface area contributed by atoms with Crippen molar-refractivity contribution in [2.75, 3.05) is 31.6 Å². The van der Waals surface area contributed by atoms with Gasteiger partial charge in [0, 0.05) is 37.9 Å². The molecule has 4 rings (SSSR count). The lowest BCUT2D eigenvalue weighted by Gasteiger charge is -2.19. The molecule has 2 aromatic heterocycles. The smallest absolute Gasteiger partial charge is 0.273 e. The van der Waals surface area contributed by atoms with E-state index in [4.69, 9.17) is 11.6 Å². The van der Waals surface area contributed by atoms with Gasteiger partial charge in [0.05, 0.1) is 16.9 Å². The van der Waals surface area contributed by atoms with Gasteiger partial charge in [-0.3, -0.25) is 9.89 Å². The fourth-order valence-corrected chi connectivity index (χ4v) is 3.80. The second kappa shape index (κ2) is 9.43. The van der Waals surface area contributed by atoms with Gasteiger partial charge in [0.1, 0.15) is 5.82 Å². The lowest BCUT2D eigenvalue weighted by Crippen LogP contribution is -2.30. The van der Waals surface area contributed by atoms with Crippen molar-refractivity contribution in [2.24, 2.45) is 0 Å². The molecule has 3 aromatic rings. The van der Waals surface area contributed by atoms with Gasteiger partial charge in [-0.1, -0.05) is 11.6 Å². The molecule has 162 valence electrons. The summed E-state index contributed by atoms with van der Waals surface area (Å²) in [6.45, 7) is 2.34. The van der Waals surface area contributed by atoms with Crippen LogP contribution in [0.25, 0.3) is 11.3 Å². The maximum absolute atomic E-state index is 13.1. The van der Waals surface area contributed by atoms with Crippen LogP contribution in [0.3, 0.4) is 0 Å². The van der Waals surface area contributed by atoms with Gasteiger partial charge in [-0.25, -0.2) is 14.4 Å². The molecular formula is C22H24ClFN6O. The number of aromatic nitrogens is 4. The minimum absolute atomic E-state index is 0.218. The third-order valence-electron chi connectivity index (χ3n) is 5.38. The van der Waals surface area contributed by atoms with Gasteiger partial charge in [0.15, 0.2) is 5.69 Å². The third kappa shape index (κ3) is 5.02. The molecule has 1 aliphatic heterocycles. The van der Waals surface area contributed by atoms with Crippen LogP contribution in [0.1, 0.15) is 35.4 Å². The summed E-state index contributed by atoms with van der Waals surface area (Å²) in [4.78, 5) is 25.3. The first kappa shape index (κ1) is 21.2. The molecular weight excluding hydrogens is 419 g/mol. The van der Waals surface area contributed by atoms with Gasteiger partial charge < -0.3 is 9.80 Å². The molecule has 0 radical (unpaired) electrons. The van der Waals surface area contributed by atoms with Gasteiger partial charge in [-0.05, 0) is 56.0 Å². The molecule has 1 fully saturated rings. The highest BCUT2D eigenvalue weighted by Gasteiger charge is 2.21. The molecule has 3 heterocycles. The number of nitrogens with one attached hydrogen (secondary N) is 1. The highest BCUT2D eigenvalue weighted by atomic mass is 35.5. The molecule has 9 heteroatoms. The number of halogens is 2. The van der Waals surface area contributed by atoms with Crippen LogP contribution in [0, 0.1) is 5.82 Å². The van der Waals surface area contributed by atoms with Gasteiger partial charge in [-0.2, -0.15) is 5.10 Å². The van der Waals surface area contributed by atoms with E-state index in [-0.39, 0.29) is 22.4 Å². The molecule has 1 amide bonds. The normalized spacial score (nSPS) is 13.6. The molecule has 0 saturated carbocycles. The molecule has 0 unspecified atom stereocenters. The molecule has 0 atom stereocenters. The van der Waals surface area contributed by atoms with Crippen LogP contribution in [0.5, 0.6) is 0 Å². The number of rotatable bonds is 7. The second-order valence-electron chi connectivity index (χ2n) is 7.68. The van der Waals surface area contributed by atoms with Gasteiger partial charge >= 0.3 is 0 Å². The van der Waals surface area contributed by atoms with Crippen molar-refractivity contribution in [3.63, 3.8) is 0 Å². The van der Waals surface area contributed by atoms with Gasteiger partial charge in [-0.15, -0.1) is 0 Å². The van der Waals surface area contributed by atoms with Crippen LogP contribution < -0.4 is 4.90 Å². The zero-order valence-corrected chi connectivity index (χ0v) is 18.1. The predicted octanol–water partition coefficient (Wildman–Crippen LogP) is 3.96. The second-order valence-corrected chi connectivity index (χ2v) is 8.08. The van der Waals surface area contributed by atoms with E-state index in [1.165, 1.54) is 18.3 Å². The van der Waals surface area contributed by atoms with Crippen molar-refractivity contribution >= 4 is 23.5 Å². The average molecular weight is 443 g/mol. The lowest BCUT2D eigenvalue weighted by molar-refractivity contribution is 0.0788. The monoisotopic (exact) mass is 442 g/mol. The van der Waals surface area contributed by atoms with Gasteiger partial charge in [0.2, 0.25) is 5.95 Å². The summed E-state index contributed by atoms with van der Waals surface area (Å²) >= 11 is 6.21. The number of amides is 1.